The van der Waals surface area contributed by atoms with Crippen LogP contribution in [0.2, 0.25) is 0 Å². The maximum absolute atomic E-state index is 11.3. The zero-order valence-electron chi connectivity index (χ0n) is 13.0. The van der Waals surface area contributed by atoms with E-state index in [0.717, 1.165) is 23.9 Å². The third-order valence-corrected chi connectivity index (χ3v) is 4.05. The standard InChI is InChI=1S/C17H18N4O2/c1-11(22)12(8-18)6-7-13-9-19-17-16(13)21-15(10-20-17)23-14-4-2-3-5-14/h6,9-10,14H,2-5,7H2,1H3,(H,19,20)/b12-6+. The van der Waals surface area contributed by atoms with Crippen LogP contribution in [-0.4, -0.2) is 26.8 Å². The molecule has 0 radical (unpaired) electrons. The minimum Gasteiger partial charge on any atom is -0.473 e. The lowest BCUT2D eigenvalue weighted by atomic mass is 10.1. The second-order valence-electron chi connectivity index (χ2n) is 5.73. The van der Waals surface area contributed by atoms with E-state index >= 15 is 0 Å². The molecule has 1 saturated carbocycles. The molecule has 0 atom stereocenters. The van der Waals surface area contributed by atoms with Crippen molar-refractivity contribution in [1.82, 2.24) is 15.0 Å². The molecule has 6 heteroatoms. The van der Waals surface area contributed by atoms with E-state index in [9.17, 15) is 4.79 Å². The molecule has 0 aliphatic heterocycles. The van der Waals surface area contributed by atoms with Crippen LogP contribution in [0.3, 0.4) is 0 Å². The Morgan fingerprint density at radius 1 is 1.52 bits per heavy atom. The minimum atomic E-state index is -0.233. The van der Waals surface area contributed by atoms with E-state index in [1.165, 1.54) is 19.8 Å². The van der Waals surface area contributed by atoms with Crippen molar-refractivity contribution in [2.75, 3.05) is 0 Å². The van der Waals surface area contributed by atoms with Gasteiger partial charge >= 0.3 is 0 Å². The van der Waals surface area contributed by atoms with Crippen LogP contribution in [0.4, 0.5) is 0 Å². The summed E-state index contributed by atoms with van der Waals surface area (Å²) in [7, 11) is 0. The van der Waals surface area contributed by atoms with Crippen molar-refractivity contribution in [2.45, 2.75) is 45.1 Å². The number of hydrogen-bond donors (Lipinski definition) is 1. The molecule has 3 rings (SSSR count). The van der Waals surface area contributed by atoms with Gasteiger partial charge in [0, 0.05) is 11.8 Å². The summed E-state index contributed by atoms with van der Waals surface area (Å²) in [6.07, 6.45) is 10.3. The van der Waals surface area contributed by atoms with E-state index in [1.54, 1.807) is 18.5 Å². The Balaban J connectivity index is 1.83. The zero-order valence-corrected chi connectivity index (χ0v) is 13.0. The van der Waals surface area contributed by atoms with Crippen LogP contribution in [0.1, 0.15) is 38.2 Å². The summed E-state index contributed by atoms with van der Waals surface area (Å²) in [4.78, 5) is 23.2. The number of H-pyrrole nitrogens is 1. The Labute approximate surface area is 134 Å². The third-order valence-electron chi connectivity index (χ3n) is 4.05. The number of ether oxygens (including phenoxy) is 1. The molecule has 2 aromatic heterocycles. The third kappa shape index (κ3) is 3.39. The zero-order chi connectivity index (χ0) is 16.2. The van der Waals surface area contributed by atoms with Gasteiger partial charge in [-0.3, -0.25) is 4.79 Å². The lowest BCUT2D eigenvalue weighted by Crippen LogP contribution is -2.12. The van der Waals surface area contributed by atoms with Gasteiger partial charge in [-0.25, -0.2) is 9.97 Å². The van der Waals surface area contributed by atoms with Crippen LogP contribution >= 0.6 is 0 Å². The highest BCUT2D eigenvalue weighted by atomic mass is 16.5. The summed E-state index contributed by atoms with van der Waals surface area (Å²) in [6, 6.07) is 1.91. The van der Waals surface area contributed by atoms with Crippen LogP contribution in [0.5, 0.6) is 5.88 Å². The summed E-state index contributed by atoms with van der Waals surface area (Å²) in [5.41, 5.74) is 2.44. The average molecular weight is 310 g/mol. The Morgan fingerprint density at radius 2 is 2.30 bits per heavy atom. The van der Waals surface area contributed by atoms with Crippen molar-refractivity contribution in [3.05, 3.63) is 29.6 Å². The first-order chi connectivity index (χ1) is 11.2. The van der Waals surface area contributed by atoms with Crippen molar-refractivity contribution in [1.29, 1.82) is 5.26 Å². The fraction of sp³-hybridized carbons (Fsp3) is 0.412. The molecule has 1 fully saturated rings. The van der Waals surface area contributed by atoms with Crippen molar-refractivity contribution in [3.8, 4) is 11.9 Å². The van der Waals surface area contributed by atoms with E-state index in [4.69, 9.17) is 10.00 Å². The molecule has 118 valence electrons. The van der Waals surface area contributed by atoms with Gasteiger partial charge in [0.05, 0.1) is 11.8 Å². The highest BCUT2D eigenvalue weighted by Gasteiger charge is 2.18. The number of fused-ring (bicyclic) bond motifs is 1. The molecule has 23 heavy (non-hydrogen) atoms. The first kappa shape index (κ1) is 15.2. The summed E-state index contributed by atoms with van der Waals surface area (Å²) < 4.78 is 5.88. The lowest BCUT2D eigenvalue weighted by Gasteiger charge is -2.11. The minimum absolute atomic E-state index is 0.158. The van der Waals surface area contributed by atoms with Crippen molar-refractivity contribution < 1.29 is 9.53 Å². The number of carbonyl (C=O) groups is 1. The Bertz CT molecular complexity index is 795. The topological polar surface area (TPSA) is 91.7 Å². The predicted octanol–water partition coefficient (Wildman–Crippen LogP) is 2.86. The lowest BCUT2D eigenvalue weighted by molar-refractivity contribution is -0.113. The number of nitrogens with one attached hydrogen (secondary N) is 1. The van der Waals surface area contributed by atoms with Gasteiger partial charge in [0.25, 0.3) is 0 Å². The molecule has 6 nitrogen and oxygen atoms in total. The van der Waals surface area contributed by atoms with Crippen molar-refractivity contribution >= 4 is 16.9 Å². The largest absolute Gasteiger partial charge is 0.473 e. The Kier molecular flexibility index (Phi) is 4.38. The van der Waals surface area contributed by atoms with Crippen molar-refractivity contribution in [2.24, 2.45) is 0 Å². The first-order valence-electron chi connectivity index (χ1n) is 7.78. The number of nitriles is 1. The first-order valence-corrected chi connectivity index (χ1v) is 7.78. The number of nitrogens with zero attached hydrogens (tertiary/aromatic N) is 3. The molecule has 1 N–H and O–H groups in total. The number of rotatable bonds is 5. The van der Waals surface area contributed by atoms with Crippen LogP contribution in [0.15, 0.2) is 24.0 Å². The highest BCUT2D eigenvalue weighted by Crippen LogP contribution is 2.24. The SMILES string of the molecule is CC(=O)/C(C#N)=C/Cc1c[nH]c2ncc(OC3CCCC3)nc12. The number of hydrogen-bond acceptors (Lipinski definition) is 5. The average Bonchev–Trinajstić information content (AvgIpc) is 3.17. The smallest absolute Gasteiger partial charge is 0.233 e. The maximum atomic E-state index is 11.3. The van der Waals surface area contributed by atoms with E-state index < -0.39 is 0 Å². The van der Waals surface area contributed by atoms with Crippen LogP contribution < -0.4 is 4.74 Å². The van der Waals surface area contributed by atoms with Gasteiger partial charge in [-0.2, -0.15) is 5.26 Å². The summed E-state index contributed by atoms with van der Waals surface area (Å²) in [6.45, 7) is 1.39. The molecule has 1 aliphatic carbocycles. The molecule has 0 bridgehead atoms. The molecule has 2 heterocycles. The molecule has 0 spiro atoms. The Hall–Kier alpha value is -2.68. The second-order valence-corrected chi connectivity index (χ2v) is 5.73. The molecule has 0 unspecified atom stereocenters. The number of carbonyl (C=O) groups excluding carboxylic acids is 1. The van der Waals surface area contributed by atoms with E-state index in [-0.39, 0.29) is 17.5 Å². The maximum Gasteiger partial charge on any atom is 0.233 e. The van der Waals surface area contributed by atoms with E-state index in [1.807, 2.05) is 6.07 Å². The fourth-order valence-corrected chi connectivity index (χ4v) is 2.80. The van der Waals surface area contributed by atoms with Crippen LogP contribution in [0.25, 0.3) is 11.2 Å². The predicted molar refractivity (Wildman–Crippen MR) is 84.9 cm³/mol. The van der Waals surface area contributed by atoms with Gasteiger partial charge in [-0.15, -0.1) is 0 Å². The molecule has 0 saturated heterocycles. The molecule has 0 amide bonds. The van der Waals surface area contributed by atoms with Gasteiger partial charge in [0.15, 0.2) is 11.4 Å². The summed E-state index contributed by atoms with van der Waals surface area (Å²) in [5.74, 6) is 0.296. The molecular weight excluding hydrogens is 292 g/mol. The summed E-state index contributed by atoms with van der Waals surface area (Å²) >= 11 is 0. The van der Waals surface area contributed by atoms with Crippen LogP contribution in [0, 0.1) is 11.3 Å². The van der Waals surface area contributed by atoms with Crippen molar-refractivity contribution in [3.63, 3.8) is 0 Å². The van der Waals surface area contributed by atoms with Gasteiger partial charge in [-0.1, -0.05) is 6.08 Å². The van der Waals surface area contributed by atoms with Gasteiger partial charge in [0.2, 0.25) is 5.88 Å². The Morgan fingerprint density at radius 3 is 3.00 bits per heavy atom. The van der Waals surface area contributed by atoms with Gasteiger partial charge < -0.3 is 9.72 Å². The van der Waals surface area contributed by atoms with Gasteiger partial charge in [-0.05, 0) is 39.0 Å². The quantitative estimate of drug-likeness (QED) is 0.677. The van der Waals surface area contributed by atoms with Crippen LogP contribution in [-0.2, 0) is 11.2 Å². The highest BCUT2D eigenvalue weighted by molar-refractivity contribution is 5.97. The number of ketones is 1. The van der Waals surface area contributed by atoms with E-state index in [0.29, 0.717) is 17.9 Å². The monoisotopic (exact) mass is 310 g/mol. The van der Waals surface area contributed by atoms with Gasteiger partial charge in [0.1, 0.15) is 17.7 Å². The molecule has 1 aliphatic rings. The number of allylic oxidation sites excluding steroid dienone is 2. The normalized spacial score (nSPS) is 15.7. The molecular formula is C17H18N4O2. The van der Waals surface area contributed by atoms with E-state index in [2.05, 4.69) is 15.0 Å². The number of aromatic amines is 1. The molecule has 0 aromatic carbocycles. The number of Topliss-reactive ketones (excluding diaryl/α,β-unsaturated/α-hetero) is 1. The fourth-order valence-electron chi connectivity index (χ4n) is 2.80. The molecule has 2 aromatic rings. The second kappa shape index (κ2) is 6.61. The number of aromatic nitrogens is 3. The summed E-state index contributed by atoms with van der Waals surface area (Å²) in [5, 5.41) is 8.95.